The first-order chi connectivity index (χ1) is 16.9. The zero-order chi connectivity index (χ0) is 24.8. The molecule has 2 heterocycles. The van der Waals surface area contributed by atoms with Crippen molar-refractivity contribution >= 4 is 28.9 Å². The smallest absolute Gasteiger partial charge is 0.244 e. The third-order valence-electron chi connectivity index (χ3n) is 6.02. The molecule has 0 radical (unpaired) electrons. The van der Waals surface area contributed by atoms with Gasteiger partial charge in [0.25, 0.3) is 0 Å². The number of hydrogen-bond acceptors (Lipinski definition) is 6. The Morgan fingerprint density at radius 2 is 1.74 bits per heavy atom. The van der Waals surface area contributed by atoms with Crippen molar-refractivity contribution in [3.8, 4) is 11.5 Å². The molecule has 1 aliphatic heterocycles. The summed E-state index contributed by atoms with van der Waals surface area (Å²) in [6, 6.07) is 16.6. The van der Waals surface area contributed by atoms with E-state index in [0.717, 1.165) is 43.3 Å². The molecule has 1 amide bonds. The van der Waals surface area contributed by atoms with Gasteiger partial charge in [-0.05, 0) is 42.5 Å². The van der Waals surface area contributed by atoms with Gasteiger partial charge in [0.15, 0.2) is 5.75 Å². The summed E-state index contributed by atoms with van der Waals surface area (Å²) < 4.78 is 12.2. The molecule has 0 aliphatic carbocycles. The van der Waals surface area contributed by atoms with E-state index in [0.29, 0.717) is 17.3 Å². The lowest BCUT2D eigenvalue weighted by atomic mass is 10.2. The van der Waals surface area contributed by atoms with Gasteiger partial charge in [0.2, 0.25) is 11.3 Å². The molecule has 0 spiro atoms. The summed E-state index contributed by atoms with van der Waals surface area (Å²) in [5.74, 6) is 0.821. The van der Waals surface area contributed by atoms with Crippen LogP contribution in [0.3, 0.4) is 0 Å². The third kappa shape index (κ3) is 6.35. The van der Waals surface area contributed by atoms with Crippen LogP contribution < -0.4 is 25.1 Å². The number of ether oxygens (including phenoxy) is 2. The zero-order valence-electron chi connectivity index (χ0n) is 19.9. The summed E-state index contributed by atoms with van der Waals surface area (Å²) in [6.45, 7) is 4.00. The molecule has 3 aromatic rings. The van der Waals surface area contributed by atoms with Crippen LogP contribution >= 0.6 is 11.6 Å². The summed E-state index contributed by atoms with van der Waals surface area (Å²) in [7, 11) is 3.11. The molecule has 184 valence electrons. The van der Waals surface area contributed by atoms with Crippen LogP contribution in [0.5, 0.6) is 11.5 Å². The molecule has 1 saturated heterocycles. The summed E-state index contributed by atoms with van der Waals surface area (Å²) in [5, 5.41) is 3.40. The van der Waals surface area contributed by atoms with Crippen molar-refractivity contribution in [1.29, 1.82) is 0 Å². The van der Waals surface area contributed by atoms with E-state index < -0.39 is 0 Å². The number of anilines is 2. The fourth-order valence-electron chi connectivity index (χ4n) is 4.14. The molecule has 0 unspecified atom stereocenters. The number of nitrogens with one attached hydrogen (secondary N) is 1. The van der Waals surface area contributed by atoms with Crippen molar-refractivity contribution in [2.45, 2.75) is 13.1 Å². The zero-order valence-corrected chi connectivity index (χ0v) is 20.6. The Hall–Kier alpha value is -3.49. The van der Waals surface area contributed by atoms with Crippen LogP contribution in [0, 0.1) is 0 Å². The topological polar surface area (TPSA) is 76.0 Å². The molecule has 0 atom stereocenters. The number of carbonyl (C=O) groups is 1. The summed E-state index contributed by atoms with van der Waals surface area (Å²) in [4.78, 5) is 29.8. The molecule has 4 rings (SSSR count). The third-order valence-corrected chi connectivity index (χ3v) is 6.26. The average Bonchev–Trinajstić information content (AvgIpc) is 2.86. The average molecular weight is 497 g/mol. The van der Waals surface area contributed by atoms with Gasteiger partial charge in [-0.25, -0.2) is 0 Å². The molecule has 1 N–H and O–H groups in total. The predicted octanol–water partition coefficient (Wildman–Crippen LogP) is 3.48. The Labute approximate surface area is 209 Å². The van der Waals surface area contributed by atoms with Gasteiger partial charge in [-0.3, -0.25) is 14.5 Å². The highest BCUT2D eigenvalue weighted by atomic mass is 35.5. The summed E-state index contributed by atoms with van der Waals surface area (Å²) in [5.41, 5.74) is 2.33. The standard InChI is InChI=1S/C26H29ClN4O4/c1-34-23-8-6-21(7-9-23)30-12-10-29(11-13-30)16-22-15-24(32)25(35-2)17-31(22)18-26(33)28-20-5-3-4-19(27)14-20/h3-9,14-15,17H,10-13,16,18H2,1-2H3,(H,28,33). The Morgan fingerprint density at radius 3 is 2.40 bits per heavy atom. The predicted molar refractivity (Wildman–Crippen MR) is 138 cm³/mol. The van der Waals surface area contributed by atoms with Gasteiger partial charge >= 0.3 is 0 Å². The SMILES string of the molecule is COc1ccc(N2CCN(Cc3cc(=O)c(OC)cn3CC(=O)Nc3cccc(Cl)c3)CC2)cc1. The molecule has 0 saturated carbocycles. The van der Waals surface area contributed by atoms with E-state index in [1.165, 1.54) is 7.11 Å². The van der Waals surface area contributed by atoms with E-state index in [-0.39, 0.29) is 23.6 Å². The van der Waals surface area contributed by atoms with Crippen LogP contribution in [0.1, 0.15) is 5.69 Å². The highest BCUT2D eigenvalue weighted by Crippen LogP contribution is 2.21. The van der Waals surface area contributed by atoms with E-state index in [1.807, 2.05) is 12.1 Å². The van der Waals surface area contributed by atoms with E-state index in [2.05, 4.69) is 27.2 Å². The van der Waals surface area contributed by atoms with Crippen LogP contribution in [0.2, 0.25) is 5.02 Å². The first kappa shape index (κ1) is 24.6. The van der Waals surface area contributed by atoms with Gasteiger partial charge in [0.05, 0.1) is 20.4 Å². The van der Waals surface area contributed by atoms with Crippen molar-refractivity contribution in [2.24, 2.45) is 0 Å². The minimum atomic E-state index is -0.219. The normalized spacial score (nSPS) is 14.0. The number of methoxy groups -OCH3 is 2. The lowest BCUT2D eigenvalue weighted by Crippen LogP contribution is -2.46. The molecule has 9 heteroatoms. The van der Waals surface area contributed by atoms with Gasteiger partial charge in [0.1, 0.15) is 12.3 Å². The van der Waals surface area contributed by atoms with Crippen molar-refractivity contribution in [2.75, 3.05) is 50.6 Å². The first-order valence-electron chi connectivity index (χ1n) is 11.4. The molecular weight excluding hydrogens is 468 g/mol. The van der Waals surface area contributed by atoms with Gasteiger partial charge in [-0.15, -0.1) is 0 Å². The second kappa shape index (κ2) is 11.3. The Morgan fingerprint density at radius 1 is 1.00 bits per heavy atom. The number of rotatable bonds is 8. The molecule has 8 nitrogen and oxygen atoms in total. The number of halogens is 1. The fourth-order valence-corrected chi connectivity index (χ4v) is 4.33. The number of aromatic nitrogens is 1. The molecule has 35 heavy (non-hydrogen) atoms. The van der Waals surface area contributed by atoms with Crippen molar-refractivity contribution in [3.05, 3.63) is 81.7 Å². The summed E-state index contributed by atoms with van der Waals surface area (Å²) >= 11 is 6.02. The van der Waals surface area contributed by atoms with Crippen LogP contribution in [0.4, 0.5) is 11.4 Å². The molecule has 1 aromatic heterocycles. The maximum atomic E-state index is 12.7. The second-order valence-corrected chi connectivity index (χ2v) is 8.78. The fraction of sp³-hybridized carbons (Fsp3) is 0.308. The highest BCUT2D eigenvalue weighted by molar-refractivity contribution is 6.30. The number of nitrogens with zero attached hydrogens (tertiary/aromatic N) is 3. The van der Waals surface area contributed by atoms with Crippen LogP contribution in [0.25, 0.3) is 0 Å². The van der Waals surface area contributed by atoms with Crippen LogP contribution in [-0.2, 0) is 17.9 Å². The minimum Gasteiger partial charge on any atom is -0.497 e. The molecule has 2 aromatic carbocycles. The molecule has 1 fully saturated rings. The number of carbonyl (C=O) groups excluding carboxylic acids is 1. The second-order valence-electron chi connectivity index (χ2n) is 8.35. The molecule has 1 aliphatic rings. The number of amides is 1. The van der Waals surface area contributed by atoms with E-state index >= 15 is 0 Å². The molecular formula is C26H29ClN4O4. The number of benzene rings is 2. The molecule has 0 bridgehead atoms. The Kier molecular flexibility index (Phi) is 7.94. The van der Waals surface area contributed by atoms with E-state index in [4.69, 9.17) is 21.1 Å². The number of hydrogen-bond donors (Lipinski definition) is 1. The van der Waals surface area contributed by atoms with E-state index in [1.54, 1.807) is 48.2 Å². The van der Waals surface area contributed by atoms with Crippen molar-refractivity contribution in [3.63, 3.8) is 0 Å². The van der Waals surface area contributed by atoms with E-state index in [9.17, 15) is 9.59 Å². The van der Waals surface area contributed by atoms with Crippen molar-refractivity contribution < 1.29 is 14.3 Å². The van der Waals surface area contributed by atoms with Crippen LogP contribution in [-0.4, -0.2) is 55.8 Å². The van der Waals surface area contributed by atoms with Crippen molar-refractivity contribution in [1.82, 2.24) is 9.47 Å². The van der Waals surface area contributed by atoms with Gasteiger partial charge in [-0.1, -0.05) is 17.7 Å². The Bertz CT molecular complexity index is 1220. The monoisotopic (exact) mass is 496 g/mol. The first-order valence-corrected chi connectivity index (χ1v) is 11.8. The largest absolute Gasteiger partial charge is 0.497 e. The maximum absolute atomic E-state index is 12.7. The maximum Gasteiger partial charge on any atom is 0.244 e. The van der Waals surface area contributed by atoms with Gasteiger partial charge < -0.3 is 24.3 Å². The number of pyridine rings is 1. The Balaban J connectivity index is 1.43. The quantitative estimate of drug-likeness (QED) is 0.514. The number of piperazine rings is 1. The lowest BCUT2D eigenvalue weighted by molar-refractivity contribution is -0.116. The van der Waals surface area contributed by atoms with Gasteiger partial charge in [0, 0.05) is 60.9 Å². The summed E-state index contributed by atoms with van der Waals surface area (Å²) in [6.07, 6.45) is 1.60. The van der Waals surface area contributed by atoms with Gasteiger partial charge in [-0.2, -0.15) is 0 Å². The minimum absolute atomic E-state index is 0.0459. The highest BCUT2D eigenvalue weighted by Gasteiger charge is 2.20. The lowest BCUT2D eigenvalue weighted by Gasteiger charge is -2.36. The van der Waals surface area contributed by atoms with Crippen LogP contribution in [0.15, 0.2) is 65.6 Å².